The van der Waals surface area contributed by atoms with E-state index in [4.69, 9.17) is 0 Å². The smallest absolute Gasteiger partial charge is 0.214 e. The molecule has 1 atom stereocenters. The number of nitrogens with one attached hydrogen (secondary N) is 2. The summed E-state index contributed by atoms with van der Waals surface area (Å²) in [5, 5.41) is 3.51. The molecule has 0 aromatic heterocycles. The Morgan fingerprint density at radius 1 is 1.27 bits per heavy atom. The zero-order chi connectivity index (χ0) is 15.8. The first kappa shape index (κ1) is 16.0. The van der Waals surface area contributed by atoms with Crippen LogP contribution >= 0.6 is 0 Å². The molecule has 0 radical (unpaired) electrons. The van der Waals surface area contributed by atoms with Crippen LogP contribution in [0.5, 0.6) is 0 Å². The van der Waals surface area contributed by atoms with Gasteiger partial charge in [-0.15, -0.1) is 0 Å². The third-order valence-corrected chi connectivity index (χ3v) is 6.67. The third kappa shape index (κ3) is 3.89. The highest BCUT2D eigenvalue weighted by Crippen LogP contribution is 2.39. The number of sulfonamides is 1. The summed E-state index contributed by atoms with van der Waals surface area (Å²) in [7, 11) is -3.07. The molecule has 5 heteroatoms. The second-order valence-corrected chi connectivity index (χ2v) is 9.07. The minimum Gasteiger partial charge on any atom is -0.307 e. The fourth-order valence-corrected chi connectivity index (χ4v) is 4.48. The maximum Gasteiger partial charge on any atom is 0.214 e. The van der Waals surface area contributed by atoms with E-state index in [2.05, 4.69) is 48.2 Å². The topological polar surface area (TPSA) is 58.2 Å². The van der Waals surface area contributed by atoms with Crippen LogP contribution in [0.1, 0.15) is 43.7 Å². The minimum absolute atomic E-state index is 0.137. The van der Waals surface area contributed by atoms with Crippen molar-refractivity contribution in [2.75, 3.05) is 6.54 Å². The molecule has 0 spiro atoms. The lowest BCUT2D eigenvalue weighted by molar-refractivity contribution is 0.421. The van der Waals surface area contributed by atoms with E-state index in [0.717, 1.165) is 19.3 Å². The van der Waals surface area contributed by atoms with Crippen molar-refractivity contribution in [1.29, 1.82) is 0 Å². The first-order chi connectivity index (χ1) is 10.4. The highest BCUT2D eigenvalue weighted by Gasteiger charge is 2.43. The third-order valence-electron chi connectivity index (χ3n) is 4.75. The van der Waals surface area contributed by atoms with Gasteiger partial charge >= 0.3 is 0 Å². The molecule has 2 N–H and O–H groups in total. The standard InChI is InChI=1S/C17H26N2O2S/c1-13-5-3-4-6-15(13)11-17(9-10-17)19-14(2)12-18-22(20,21)16-7-8-16/h3-6,14,16,18-19H,7-12H2,1-2H3/t14-/m1/s1. The Morgan fingerprint density at radius 3 is 2.55 bits per heavy atom. The molecule has 2 aliphatic carbocycles. The van der Waals surface area contributed by atoms with Gasteiger partial charge in [-0.1, -0.05) is 24.3 Å². The average molecular weight is 322 g/mol. The predicted molar refractivity (Wildman–Crippen MR) is 89.4 cm³/mol. The van der Waals surface area contributed by atoms with Crippen molar-refractivity contribution in [1.82, 2.24) is 10.0 Å². The average Bonchev–Trinajstić information content (AvgIpc) is 3.34. The van der Waals surface area contributed by atoms with Crippen molar-refractivity contribution in [3.63, 3.8) is 0 Å². The fourth-order valence-electron chi connectivity index (χ4n) is 3.01. The van der Waals surface area contributed by atoms with Crippen molar-refractivity contribution >= 4 is 10.0 Å². The van der Waals surface area contributed by atoms with Gasteiger partial charge in [0.2, 0.25) is 10.0 Å². The zero-order valence-electron chi connectivity index (χ0n) is 13.4. The molecule has 2 aliphatic rings. The molecule has 1 aromatic carbocycles. The Hall–Kier alpha value is -0.910. The Labute approximate surface area is 133 Å². The van der Waals surface area contributed by atoms with Crippen LogP contribution in [0.2, 0.25) is 0 Å². The van der Waals surface area contributed by atoms with Crippen molar-refractivity contribution in [3.05, 3.63) is 35.4 Å². The summed E-state index contributed by atoms with van der Waals surface area (Å²) < 4.78 is 26.5. The maximum atomic E-state index is 11.9. The first-order valence-corrected chi connectivity index (χ1v) is 9.76. The van der Waals surface area contributed by atoms with E-state index >= 15 is 0 Å². The normalized spacial score (nSPS) is 21.5. The largest absolute Gasteiger partial charge is 0.307 e. The van der Waals surface area contributed by atoms with E-state index in [0.29, 0.717) is 6.54 Å². The van der Waals surface area contributed by atoms with Crippen molar-refractivity contribution in [2.24, 2.45) is 0 Å². The van der Waals surface area contributed by atoms with Crippen LogP contribution in [0, 0.1) is 6.92 Å². The zero-order valence-corrected chi connectivity index (χ0v) is 14.2. The number of benzene rings is 1. The van der Waals surface area contributed by atoms with Gasteiger partial charge in [0, 0.05) is 18.1 Å². The lowest BCUT2D eigenvalue weighted by Crippen LogP contribution is -2.46. The highest BCUT2D eigenvalue weighted by molar-refractivity contribution is 7.90. The summed E-state index contributed by atoms with van der Waals surface area (Å²) in [6.45, 7) is 4.69. The van der Waals surface area contributed by atoms with E-state index in [1.54, 1.807) is 0 Å². The summed E-state index contributed by atoms with van der Waals surface area (Å²) in [5.74, 6) is 0. The fraction of sp³-hybridized carbons (Fsp3) is 0.647. The van der Waals surface area contributed by atoms with Gasteiger partial charge in [-0.25, -0.2) is 13.1 Å². The summed E-state index contributed by atoms with van der Waals surface area (Å²) in [6.07, 6.45) is 4.99. The summed E-state index contributed by atoms with van der Waals surface area (Å²) >= 11 is 0. The van der Waals surface area contributed by atoms with Crippen molar-refractivity contribution in [3.8, 4) is 0 Å². The Balaban J connectivity index is 1.52. The quantitative estimate of drug-likeness (QED) is 0.771. The van der Waals surface area contributed by atoms with E-state index in [1.165, 1.54) is 24.0 Å². The second-order valence-electron chi connectivity index (χ2n) is 7.02. The van der Waals surface area contributed by atoms with Crippen LogP contribution in [-0.2, 0) is 16.4 Å². The van der Waals surface area contributed by atoms with Crippen LogP contribution in [0.25, 0.3) is 0 Å². The van der Waals surface area contributed by atoms with Crippen molar-refractivity contribution in [2.45, 2.75) is 62.8 Å². The van der Waals surface area contributed by atoms with Gasteiger partial charge in [-0.05, 0) is 57.1 Å². The molecule has 2 fully saturated rings. The van der Waals surface area contributed by atoms with Crippen LogP contribution in [-0.4, -0.2) is 31.8 Å². The molecule has 1 aromatic rings. The van der Waals surface area contributed by atoms with Crippen LogP contribution < -0.4 is 10.0 Å². The van der Waals surface area contributed by atoms with Gasteiger partial charge < -0.3 is 5.32 Å². The molecule has 0 heterocycles. The Kier molecular flexibility index (Phi) is 4.32. The maximum absolute atomic E-state index is 11.9. The minimum atomic E-state index is -3.07. The number of rotatable bonds is 8. The van der Waals surface area contributed by atoms with Gasteiger partial charge in [0.15, 0.2) is 0 Å². The summed E-state index contributed by atoms with van der Waals surface area (Å²) in [5.41, 5.74) is 2.88. The molecule has 0 bridgehead atoms. The van der Waals surface area contributed by atoms with Gasteiger partial charge in [-0.3, -0.25) is 0 Å². The lowest BCUT2D eigenvalue weighted by Gasteiger charge is -2.24. The van der Waals surface area contributed by atoms with Crippen LogP contribution in [0.4, 0.5) is 0 Å². The van der Waals surface area contributed by atoms with Crippen LogP contribution in [0.3, 0.4) is 0 Å². The molecule has 3 rings (SSSR count). The monoisotopic (exact) mass is 322 g/mol. The van der Waals surface area contributed by atoms with Gasteiger partial charge in [0.1, 0.15) is 0 Å². The molecule has 0 saturated heterocycles. The Bertz CT molecular complexity index is 634. The molecule has 2 saturated carbocycles. The molecular weight excluding hydrogens is 296 g/mol. The number of aryl methyl sites for hydroxylation is 1. The molecule has 22 heavy (non-hydrogen) atoms. The molecule has 4 nitrogen and oxygen atoms in total. The molecule has 0 unspecified atom stereocenters. The van der Waals surface area contributed by atoms with E-state index in [9.17, 15) is 8.42 Å². The van der Waals surface area contributed by atoms with Crippen LogP contribution in [0.15, 0.2) is 24.3 Å². The van der Waals surface area contributed by atoms with E-state index < -0.39 is 10.0 Å². The summed E-state index contributed by atoms with van der Waals surface area (Å²) in [6, 6.07) is 8.66. The van der Waals surface area contributed by atoms with E-state index in [1.807, 2.05) is 0 Å². The van der Waals surface area contributed by atoms with Gasteiger partial charge in [0.05, 0.1) is 5.25 Å². The molecule has 122 valence electrons. The van der Waals surface area contributed by atoms with Crippen molar-refractivity contribution < 1.29 is 8.42 Å². The van der Waals surface area contributed by atoms with Gasteiger partial charge in [-0.2, -0.15) is 0 Å². The molecule has 0 aliphatic heterocycles. The van der Waals surface area contributed by atoms with E-state index in [-0.39, 0.29) is 16.8 Å². The molecular formula is C17H26N2O2S. The molecule has 0 amide bonds. The predicted octanol–water partition coefficient (Wildman–Crippen LogP) is 2.13. The lowest BCUT2D eigenvalue weighted by atomic mass is 9.99. The Morgan fingerprint density at radius 2 is 1.95 bits per heavy atom. The number of hydrogen-bond donors (Lipinski definition) is 2. The first-order valence-electron chi connectivity index (χ1n) is 8.21. The highest BCUT2D eigenvalue weighted by atomic mass is 32.2. The summed E-state index contributed by atoms with van der Waals surface area (Å²) in [4.78, 5) is 0. The number of hydrogen-bond acceptors (Lipinski definition) is 3. The van der Waals surface area contributed by atoms with Gasteiger partial charge in [0.25, 0.3) is 0 Å². The second kappa shape index (κ2) is 5.95. The SMILES string of the molecule is Cc1ccccc1CC1(N[C@H](C)CNS(=O)(=O)C2CC2)CC1.